The zero-order valence-corrected chi connectivity index (χ0v) is 10.3. The lowest BCUT2D eigenvalue weighted by molar-refractivity contribution is -0.143. The lowest BCUT2D eigenvalue weighted by atomic mass is 9.93. The molecule has 0 heterocycles. The Kier molecular flexibility index (Phi) is 6.42. The smallest absolute Gasteiger partial charge is 0.307 e. The molecule has 94 valence electrons. The topological polar surface area (TPSA) is 47.6 Å². The Morgan fingerprint density at radius 3 is 2.94 bits per heavy atom. The fourth-order valence-electron chi connectivity index (χ4n) is 2.16. The van der Waals surface area contributed by atoms with Crippen molar-refractivity contribution in [2.45, 2.75) is 51.2 Å². The predicted octanol–water partition coefficient (Wildman–Crippen LogP) is 1.49. The van der Waals surface area contributed by atoms with Gasteiger partial charge in [0.15, 0.2) is 0 Å². The molecule has 0 bridgehead atoms. The maximum Gasteiger partial charge on any atom is 0.307 e. The van der Waals surface area contributed by atoms with Crippen molar-refractivity contribution in [2.24, 2.45) is 0 Å². The summed E-state index contributed by atoms with van der Waals surface area (Å²) in [4.78, 5) is 11.1. The van der Waals surface area contributed by atoms with Gasteiger partial charge in [-0.2, -0.15) is 0 Å². The van der Waals surface area contributed by atoms with Crippen LogP contribution in [0.5, 0.6) is 0 Å². The van der Waals surface area contributed by atoms with E-state index >= 15 is 0 Å². The summed E-state index contributed by atoms with van der Waals surface area (Å²) >= 11 is 0. The van der Waals surface area contributed by atoms with Crippen LogP contribution in [0.15, 0.2) is 0 Å². The van der Waals surface area contributed by atoms with Gasteiger partial charge < -0.3 is 14.8 Å². The molecule has 0 radical (unpaired) electrons. The average Bonchev–Trinajstić information content (AvgIpc) is 2.30. The number of esters is 1. The van der Waals surface area contributed by atoms with Gasteiger partial charge in [-0.1, -0.05) is 0 Å². The molecule has 0 aliphatic heterocycles. The standard InChI is InChI=1S/C12H23NO3/c1-3-16-12(14)7-8-13-10-5-4-6-11(9-10)15-2/h10-11,13H,3-9H2,1-2H3. The summed E-state index contributed by atoms with van der Waals surface area (Å²) in [6, 6.07) is 0.494. The van der Waals surface area contributed by atoms with Crippen LogP contribution in [0.3, 0.4) is 0 Å². The second-order valence-electron chi connectivity index (χ2n) is 4.23. The molecule has 16 heavy (non-hydrogen) atoms. The van der Waals surface area contributed by atoms with Gasteiger partial charge in [0.25, 0.3) is 0 Å². The van der Waals surface area contributed by atoms with Crippen LogP contribution in [0, 0.1) is 0 Å². The molecular formula is C12H23NO3. The first kappa shape index (κ1) is 13.5. The van der Waals surface area contributed by atoms with Crippen LogP contribution in [0.25, 0.3) is 0 Å². The number of carbonyl (C=O) groups excluding carboxylic acids is 1. The van der Waals surface area contributed by atoms with E-state index in [0.29, 0.717) is 31.7 Å². The van der Waals surface area contributed by atoms with Crippen LogP contribution >= 0.6 is 0 Å². The molecule has 4 nitrogen and oxygen atoms in total. The van der Waals surface area contributed by atoms with Crippen LogP contribution in [0.2, 0.25) is 0 Å². The van der Waals surface area contributed by atoms with Crippen molar-refractivity contribution in [3.05, 3.63) is 0 Å². The van der Waals surface area contributed by atoms with Crippen molar-refractivity contribution in [2.75, 3.05) is 20.3 Å². The van der Waals surface area contributed by atoms with Crippen LogP contribution in [0.1, 0.15) is 39.0 Å². The molecule has 1 aliphatic carbocycles. The van der Waals surface area contributed by atoms with E-state index in [9.17, 15) is 4.79 Å². The second kappa shape index (κ2) is 7.63. The fourth-order valence-corrected chi connectivity index (χ4v) is 2.16. The molecule has 0 saturated heterocycles. The summed E-state index contributed by atoms with van der Waals surface area (Å²) < 4.78 is 10.2. The van der Waals surface area contributed by atoms with E-state index in [1.807, 2.05) is 6.92 Å². The zero-order chi connectivity index (χ0) is 11.8. The molecule has 1 N–H and O–H groups in total. The van der Waals surface area contributed by atoms with Gasteiger partial charge in [-0.05, 0) is 32.6 Å². The molecule has 0 aromatic rings. The summed E-state index contributed by atoms with van der Waals surface area (Å²) in [5, 5.41) is 3.39. The number of hydrogen-bond acceptors (Lipinski definition) is 4. The maximum atomic E-state index is 11.1. The van der Waals surface area contributed by atoms with E-state index in [2.05, 4.69) is 5.32 Å². The molecule has 4 heteroatoms. The highest BCUT2D eigenvalue weighted by Gasteiger charge is 2.21. The molecule has 0 aromatic carbocycles. The predicted molar refractivity (Wildman–Crippen MR) is 62.3 cm³/mol. The van der Waals surface area contributed by atoms with Gasteiger partial charge in [-0.25, -0.2) is 0 Å². The van der Waals surface area contributed by atoms with E-state index in [-0.39, 0.29) is 5.97 Å². The van der Waals surface area contributed by atoms with Crippen molar-refractivity contribution in [1.82, 2.24) is 5.32 Å². The highest BCUT2D eigenvalue weighted by Crippen LogP contribution is 2.20. The third kappa shape index (κ3) is 4.94. The number of nitrogens with one attached hydrogen (secondary N) is 1. The third-order valence-electron chi connectivity index (χ3n) is 3.03. The van der Waals surface area contributed by atoms with Crippen LogP contribution in [-0.4, -0.2) is 38.4 Å². The monoisotopic (exact) mass is 229 g/mol. The van der Waals surface area contributed by atoms with Gasteiger partial charge in [0.2, 0.25) is 0 Å². The first-order valence-electron chi connectivity index (χ1n) is 6.18. The number of hydrogen-bond donors (Lipinski definition) is 1. The summed E-state index contributed by atoms with van der Waals surface area (Å²) in [6.07, 6.45) is 5.44. The normalized spacial score (nSPS) is 25.4. The summed E-state index contributed by atoms with van der Waals surface area (Å²) in [6.45, 7) is 3.00. The molecule has 1 saturated carbocycles. The van der Waals surface area contributed by atoms with Gasteiger partial charge in [-0.15, -0.1) is 0 Å². The Bertz CT molecular complexity index is 208. The number of ether oxygens (including phenoxy) is 2. The number of methoxy groups -OCH3 is 1. The third-order valence-corrected chi connectivity index (χ3v) is 3.03. The largest absolute Gasteiger partial charge is 0.466 e. The summed E-state index contributed by atoms with van der Waals surface area (Å²) in [5.41, 5.74) is 0. The van der Waals surface area contributed by atoms with E-state index < -0.39 is 0 Å². The van der Waals surface area contributed by atoms with Crippen molar-refractivity contribution < 1.29 is 14.3 Å². The van der Waals surface area contributed by atoms with Crippen molar-refractivity contribution >= 4 is 5.97 Å². The van der Waals surface area contributed by atoms with Crippen LogP contribution < -0.4 is 5.32 Å². The Morgan fingerprint density at radius 2 is 2.25 bits per heavy atom. The first-order chi connectivity index (χ1) is 7.76. The molecule has 1 fully saturated rings. The lowest BCUT2D eigenvalue weighted by Crippen LogP contribution is -2.37. The molecule has 2 unspecified atom stereocenters. The molecular weight excluding hydrogens is 206 g/mol. The average molecular weight is 229 g/mol. The van der Waals surface area contributed by atoms with Crippen molar-refractivity contribution in [3.8, 4) is 0 Å². The Balaban J connectivity index is 2.10. The summed E-state index contributed by atoms with van der Waals surface area (Å²) in [5.74, 6) is -0.117. The maximum absolute atomic E-state index is 11.1. The van der Waals surface area contributed by atoms with E-state index in [0.717, 1.165) is 12.8 Å². The quantitative estimate of drug-likeness (QED) is 0.701. The highest BCUT2D eigenvalue weighted by atomic mass is 16.5. The SMILES string of the molecule is CCOC(=O)CCNC1CCCC(OC)C1. The minimum Gasteiger partial charge on any atom is -0.466 e. The lowest BCUT2D eigenvalue weighted by Gasteiger charge is -2.28. The second-order valence-corrected chi connectivity index (χ2v) is 4.23. The van der Waals surface area contributed by atoms with Gasteiger partial charge >= 0.3 is 5.97 Å². The minimum atomic E-state index is -0.117. The Labute approximate surface area is 97.7 Å². The minimum absolute atomic E-state index is 0.117. The fraction of sp³-hybridized carbons (Fsp3) is 0.917. The van der Waals surface area contributed by atoms with E-state index in [4.69, 9.17) is 9.47 Å². The Hall–Kier alpha value is -0.610. The molecule has 1 rings (SSSR count). The summed E-state index contributed by atoms with van der Waals surface area (Å²) in [7, 11) is 1.77. The van der Waals surface area contributed by atoms with Gasteiger partial charge in [0.1, 0.15) is 0 Å². The number of rotatable bonds is 6. The zero-order valence-electron chi connectivity index (χ0n) is 10.3. The van der Waals surface area contributed by atoms with Crippen molar-refractivity contribution in [3.63, 3.8) is 0 Å². The first-order valence-corrected chi connectivity index (χ1v) is 6.18. The number of carbonyl (C=O) groups is 1. The molecule has 0 aromatic heterocycles. The van der Waals surface area contributed by atoms with Crippen LogP contribution in [-0.2, 0) is 14.3 Å². The van der Waals surface area contributed by atoms with E-state index in [1.165, 1.54) is 12.8 Å². The van der Waals surface area contributed by atoms with Crippen LogP contribution in [0.4, 0.5) is 0 Å². The van der Waals surface area contributed by atoms with Gasteiger partial charge in [-0.3, -0.25) is 4.79 Å². The molecule has 0 spiro atoms. The van der Waals surface area contributed by atoms with E-state index in [1.54, 1.807) is 7.11 Å². The molecule has 2 atom stereocenters. The Morgan fingerprint density at radius 1 is 1.44 bits per heavy atom. The highest BCUT2D eigenvalue weighted by molar-refractivity contribution is 5.69. The molecule has 0 amide bonds. The molecule has 1 aliphatic rings. The van der Waals surface area contributed by atoms with Gasteiger partial charge in [0.05, 0.1) is 19.1 Å². The van der Waals surface area contributed by atoms with Crippen molar-refractivity contribution in [1.29, 1.82) is 0 Å². The van der Waals surface area contributed by atoms with Gasteiger partial charge in [0, 0.05) is 19.7 Å².